The van der Waals surface area contributed by atoms with E-state index in [-0.39, 0.29) is 29.8 Å². The molecule has 3 heterocycles. The molecule has 3 aromatic heterocycles. The highest BCUT2D eigenvalue weighted by atomic mass is 16.1. The van der Waals surface area contributed by atoms with Crippen LogP contribution in [0.5, 0.6) is 0 Å². The van der Waals surface area contributed by atoms with Gasteiger partial charge in [-0.3, -0.25) is 14.2 Å². The van der Waals surface area contributed by atoms with Crippen LogP contribution in [0.15, 0.2) is 53.8 Å². The lowest BCUT2D eigenvalue weighted by Crippen LogP contribution is -2.20. The van der Waals surface area contributed by atoms with Crippen LogP contribution in [0.1, 0.15) is 32.7 Å². The van der Waals surface area contributed by atoms with E-state index in [1.165, 1.54) is 10.9 Å². The molecule has 0 aliphatic heterocycles. The van der Waals surface area contributed by atoms with Crippen LogP contribution in [0, 0.1) is 5.92 Å². The molecule has 1 aromatic carbocycles. The van der Waals surface area contributed by atoms with Gasteiger partial charge in [-0.1, -0.05) is 6.07 Å². The summed E-state index contributed by atoms with van der Waals surface area (Å²) in [4.78, 5) is 34.3. The summed E-state index contributed by atoms with van der Waals surface area (Å²) in [5.74, 6) is 1.49. The largest absolute Gasteiger partial charge is 0.378 e. The number of aromatic nitrogens is 6. The van der Waals surface area contributed by atoms with E-state index >= 15 is 0 Å². The molecule has 0 spiro atoms. The predicted octanol–water partition coefficient (Wildman–Crippen LogP) is 3.01. The highest BCUT2D eigenvalue weighted by Gasteiger charge is 2.28. The highest BCUT2D eigenvalue weighted by Crippen LogP contribution is 2.29. The molecule has 5 rings (SSSR count). The quantitative estimate of drug-likeness (QED) is 0.481. The number of hydrogen-bond acceptors (Lipinski definition) is 7. The van der Waals surface area contributed by atoms with Crippen molar-refractivity contribution in [1.29, 1.82) is 0 Å². The Hall–Kier alpha value is -3.88. The van der Waals surface area contributed by atoms with Crippen LogP contribution >= 0.6 is 0 Å². The molecule has 162 valence electrons. The molecule has 1 aliphatic rings. The SMILES string of the molecule is CC(C)n1cnnc1-c1cccc(-n2cnc3ccc(NCC(=O)C4CC4)cc3c2=O)n1. The van der Waals surface area contributed by atoms with E-state index < -0.39 is 0 Å². The Morgan fingerprint density at radius 1 is 1.19 bits per heavy atom. The molecule has 0 bridgehead atoms. The van der Waals surface area contributed by atoms with Crippen molar-refractivity contribution in [3.8, 4) is 17.3 Å². The number of anilines is 1. The van der Waals surface area contributed by atoms with Crippen LogP contribution in [-0.4, -0.2) is 41.6 Å². The molecule has 0 unspecified atom stereocenters. The third kappa shape index (κ3) is 3.77. The average molecular weight is 429 g/mol. The second kappa shape index (κ2) is 7.99. The van der Waals surface area contributed by atoms with Crippen molar-refractivity contribution in [2.45, 2.75) is 32.7 Å². The van der Waals surface area contributed by atoms with Gasteiger partial charge in [-0.05, 0) is 57.0 Å². The summed E-state index contributed by atoms with van der Waals surface area (Å²) >= 11 is 0. The molecular weight excluding hydrogens is 406 g/mol. The van der Waals surface area contributed by atoms with Crippen molar-refractivity contribution in [3.05, 3.63) is 59.4 Å². The molecule has 1 fully saturated rings. The number of nitrogens with one attached hydrogen (secondary N) is 1. The Balaban J connectivity index is 1.50. The highest BCUT2D eigenvalue weighted by molar-refractivity contribution is 5.88. The van der Waals surface area contributed by atoms with Gasteiger partial charge in [0.25, 0.3) is 5.56 Å². The third-order valence-electron chi connectivity index (χ3n) is 5.60. The maximum atomic E-state index is 13.3. The molecule has 1 saturated carbocycles. The summed E-state index contributed by atoms with van der Waals surface area (Å²) in [6.45, 7) is 4.35. The van der Waals surface area contributed by atoms with Crippen LogP contribution in [0.25, 0.3) is 28.2 Å². The zero-order chi connectivity index (χ0) is 22.2. The number of ketones is 1. The zero-order valence-corrected chi connectivity index (χ0v) is 17.9. The van der Waals surface area contributed by atoms with E-state index in [4.69, 9.17) is 0 Å². The first-order valence-electron chi connectivity index (χ1n) is 10.7. The maximum absolute atomic E-state index is 13.3. The number of carbonyl (C=O) groups is 1. The lowest BCUT2D eigenvalue weighted by molar-refractivity contribution is -0.118. The van der Waals surface area contributed by atoms with Crippen molar-refractivity contribution in [1.82, 2.24) is 29.3 Å². The molecule has 9 heteroatoms. The molecular formula is C23H23N7O2. The minimum Gasteiger partial charge on any atom is -0.378 e. The molecule has 0 atom stereocenters. The Bertz CT molecular complexity index is 1370. The summed E-state index contributed by atoms with van der Waals surface area (Å²) in [6, 6.07) is 10.9. The van der Waals surface area contributed by atoms with Crippen molar-refractivity contribution in [2.75, 3.05) is 11.9 Å². The van der Waals surface area contributed by atoms with Crippen molar-refractivity contribution >= 4 is 22.4 Å². The number of carbonyl (C=O) groups excluding carboxylic acids is 1. The second-order valence-corrected chi connectivity index (χ2v) is 8.28. The van der Waals surface area contributed by atoms with E-state index in [9.17, 15) is 9.59 Å². The monoisotopic (exact) mass is 429 g/mol. The summed E-state index contributed by atoms with van der Waals surface area (Å²) in [5.41, 5.74) is 1.69. The van der Waals surface area contributed by atoms with Gasteiger partial charge < -0.3 is 9.88 Å². The van der Waals surface area contributed by atoms with Gasteiger partial charge in [0.2, 0.25) is 0 Å². The molecule has 4 aromatic rings. The molecule has 0 saturated heterocycles. The van der Waals surface area contributed by atoms with Gasteiger partial charge in [0.15, 0.2) is 11.6 Å². The molecule has 0 radical (unpaired) electrons. The third-order valence-corrected chi connectivity index (χ3v) is 5.60. The Kier molecular flexibility index (Phi) is 5.01. The minimum absolute atomic E-state index is 0.174. The lowest BCUT2D eigenvalue weighted by Gasteiger charge is -2.11. The molecule has 32 heavy (non-hydrogen) atoms. The first kappa shape index (κ1) is 20.0. The van der Waals surface area contributed by atoms with E-state index in [1.54, 1.807) is 24.5 Å². The summed E-state index contributed by atoms with van der Waals surface area (Å²) < 4.78 is 3.34. The van der Waals surface area contributed by atoms with E-state index in [0.29, 0.717) is 28.2 Å². The summed E-state index contributed by atoms with van der Waals surface area (Å²) in [7, 11) is 0. The van der Waals surface area contributed by atoms with Crippen molar-refractivity contribution in [3.63, 3.8) is 0 Å². The molecule has 9 nitrogen and oxygen atoms in total. The summed E-state index contributed by atoms with van der Waals surface area (Å²) in [6.07, 6.45) is 5.10. The number of rotatable bonds is 7. The van der Waals surface area contributed by atoms with Crippen LogP contribution in [0.3, 0.4) is 0 Å². The fourth-order valence-corrected chi connectivity index (χ4v) is 3.62. The van der Waals surface area contributed by atoms with Gasteiger partial charge in [0.05, 0.1) is 17.4 Å². The fourth-order valence-electron chi connectivity index (χ4n) is 3.62. The predicted molar refractivity (Wildman–Crippen MR) is 121 cm³/mol. The fraction of sp³-hybridized carbons (Fsp3) is 0.304. The number of pyridine rings is 1. The van der Waals surface area contributed by atoms with Crippen LogP contribution < -0.4 is 10.9 Å². The van der Waals surface area contributed by atoms with Gasteiger partial charge >= 0.3 is 0 Å². The molecule has 1 N–H and O–H groups in total. The zero-order valence-electron chi connectivity index (χ0n) is 17.9. The first-order chi connectivity index (χ1) is 15.5. The molecule has 1 aliphatic carbocycles. The van der Waals surface area contributed by atoms with E-state index in [2.05, 4.69) is 25.5 Å². The number of Topliss-reactive ketones (excluding diaryl/α,β-unsaturated/α-hetero) is 1. The summed E-state index contributed by atoms with van der Waals surface area (Å²) in [5, 5.41) is 11.8. The van der Waals surface area contributed by atoms with Crippen molar-refractivity contribution < 1.29 is 4.79 Å². The average Bonchev–Trinajstić information content (AvgIpc) is 3.53. The smallest absolute Gasteiger partial charge is 0.267 e. The second-order valence-electron chi connectivity index (χ2n) is 8.28. The topological polar surface area (TPSA) is 108 Å². The van der Waals surface area contributed by atoms with Crippen LogP contribution in [0.4, 0.5) is 5.69 Å². The van der Waals surface area contributed by atoms with Crippen molar-refractivity contribution in [2.24, 2.45) is 5.92 Å². The number of fused-ring (bicyclic) bond motifs is 1. The van der Waals surface area contributed by atoms with Gasteiger partial charge in [0, 0.05) is 17.6 Å². The van der Waals surface area contributed by atoms with Crippen LogP contribution in [-0.2, 0) is 4.79 Å². The number of nitrogens with zero attached hydrogens (tertiary/aromatic N) is 6. The van der Waals surface area contributed by atoms with E-state index in [1.807, 2.05) is 36.6 Å². The standard InChI is InChI=1S/C23H23N7O2/c1-14(2)29-13-26-28-22(29)19-4-3-5-21(27-19)30-12-25-18-9-8-16(10-17(18)23(30)32)24-11-20(31)15-6-7-15/h3-5,8-10,12-15,24H,6-7,11H2,1-2H3. The van der Waals surface area contributed by atoms with Gasteiger partial charge in [-0.15, -0.1) is 10.2 Å². The maximum Gasteiger partial charge on any atom is 0.267 e. The Labute approximate surface area is 184 Å². The first-order valence-corrected chi connectivity index (χ1v) is 10.7. The Morgan fingerprint density at radius 2 is 2.03 bits per heavy atom. The van der Waals surface area contributed by atoms with Gasteiger partial charge in [-0.2, -0.15) is 0 Å². The minimum atomic E-state index is -0.234. The molecule has 0 amide bonds. The van der Waals surface area contributed by atoms with E-state index in [0.717, 1.165) is 18.5 Å². The van der Waals surface area contributed by atoms with Gasteiger partial charge in [-0.25, -0.2) is 9.97 Å². The Morgan fingerprint density at radius 3 is 2.81 bits per heavy atom. The normalized spacial score (nSPS) is 13.6. The van der Waals surface area contributed by atoms with Crippen LogP contribution in [0.2, 0.25) is 0 Å². The van der Waals surface area contributed by atoms with Gasteiger partial charge in [0.1, 0.15) is 24.2 Å². The lowest BCUT2D eigenvalue weighted by atomic mass is 10.2. The number of hydrogen-bond donors (Lipinski definition) is 1. The number of benzene rings is 1.